The van der Waals surface area contributed by atoms with E-state index in [9.17, 15) is 4.79 Å². The van der Waals surface area contributed by atoms with E-state index in [1.54, 1.807) is 36.8 Å². The Labute approximate surface area is 172 Å². The number of nitrogens with zero attached hydrogens (tertiary/aromatic N) is 3. The average molecular weight is 411 g/mol. The molecule has 2 aromatic heterocycles. The molecule has 148 valence electrons. The first-order valence-electron chi connectivity index (χ1n) is 9.02. The number of carbonyl (C=O) groups is 1. The highest BCUT2D eigenvalue weighted by Crippen LogP contribution is 2.32. The molecular formula is C21H19ClN4O3. The van der Waals surface area contributed by atoms with Gasteiger partial charge < -0.3 is 15.2 Å². The quantitative estimate of drug-likeness (QED) is 0.500. The van der Waals surface area contributed by atoms with E-state index in [1.165, 1.54) is 0 Å². The standard InChI is InChI=1S/C21H19ClN4O3/c1-12(11-28-2)29-21(27)17-18-20(25-16-9-4-3-8-15(16)24-18)26(19(17)23)14-7-5-6-13(22)10-14/h3-10,12H,11,23H2,1-2H3/t12-/m0/s1. The van der Waals surface area contributed by atoms with Gasteiger partial charge in [0.1, 0.15) is 23.0 Å². The predicted molar refractivity (Wildman–Crippen MR) is 113 cm³/mol. The highest BCUT2D eigenvalue weighted by Gasteiger charge is 2.27. The first-order chi connectivity index (χ1) is 14.0. The number of esters is 1. The molecule has 1 atom stereocenters. The van der Waals surface area contributed by atoms with Crippen molar-refractivity contribution in [2.75, 3.05) is 19.5 Å². The van der Waals surface area contributed by atoms with Gasteiger partial charge in [0, 0.05) is 12.1 Å². The molecule has 2 aromatic carbocycles. The van der Waals surface area contributed by atoms with Crippen LogP contribution in [0, 0.1) is 0 Å². The Morgan fingerprint density at radius 1 is 1.17 bits per heavy atom. The summed E-state index contributed by atoms with van der Waals surface area (Å²) in [5.41, 5.74) is 9.43. The zero-order valence-corrected chi connectivity index (χ0v) is 16.7. The van der Waals surface area contributed by atoms with Crippen molar-refractivity contribution in [3.63, 3.8) is 0 Å². The van der Waals surface area contributed by atoms with Crippen molar-refractivity contribution in [2.24, 2.45) is 0 Å². The van der Waals surface area contributed by atoms with Crippen LogP contribution in [0.25, 0.3) is 27.9 Å². The number of benzene rings is 2. The summed E-state index contributed by atoms with van der Waals surface area (Å²) in [6.07, 6.45) is -0.440. The molecule has 0 saturated heterocycles. The number of halogens is 1. The van der Waals surface area contributed by atoms with Gasteiger partial charge >= 0.3 is 5.97 Å². The largest absolute Gasteiger partial charge is 0.456 e. The van der Waals surface area contributed by atoms with Crippen LogP contribution in [-0.4, -0.2) is 40.3 Å². The van der Waals surface area contributed by atoms with E-state index in [0.29, 0.717) is 32.9 Å². The van der Waals surface area contributed by atoms with Crippen LogP contribution in [0.5, 0.6) is 0 Å². The molecular weight excluding hydrogens is 392 g/mol. The number of aromatic nitrogens is 3. The highest BCUT2D eigenvalue weighted by atomic mass is 35.5. The maximum absolute atomic E-state index is 12.9. The molecule has 2 heterocycles. The Hall–Kier alpha value is -3.16. The number of methoxy groups -OCH3 is 1. The van der Waals surface area contributed by atoms with E-state index >= 15 is 0 Å². The monoisotopic (exact) mass is 410 g/mol. The molecule has 8 heteroatoms. The molecule has 4 rings (SSSR count). The first-order valence-corrected chi connectivity index (χ1v) is 9.40. The smallest absolute Gasteiger partial charge is 0.344 e. The van der Waals surface area contributed by atoms with Gasteiger partial charge in [-0.1, -0.05) is 29.8 Å². The Balaban J connectivity index is 1.98. The van der Waals surface area contributed by atoms with Crippen LogP contribution >= 0.6 is 11.6 Å². The number of carbonyl (C=O) groups excluding carboxylic acids is 1. The third-order valence-corrected chi connectivity index (χ3v) is 4.71. The van der Waals surface area contributed by atoms with Crippen molar-refractivity contribution < 1.29 is 14.3 Å². The van der Waals surface area contributed by atoms with Gasteiger partial charge in [-0.15, -0.1) is 0 Å². The summed E-state index contributed by atoms with van der Waals surface area (Å²) in [7, 11) is 1.54. The lowest BCUT2D eigenvalue weighted by molar-refractivity contribution is 0.0123. The molecule has 29 heavy (non-hydrogen) atoms. The van der Waals surface area contributed by atoms with E-state index < -0.39 is 12.1 Å². The van der Waals surface area contributed by atoms with Crippen molar-refractivity contribution >= 4 is 45.6 Å². The molecule has 0 radical (unpaired) electrons. The number of ether oxygens (including phenoxy) is 2. The van der Waals surface area contributed by atoms with Crippen molar-refractivity contribution in [2.45, 2.75) is 13.0 Å². The van der Waals surface area contributed by atoms with Crippen molar-refractivity contribution in [3.05, 3.63) is 59.1 Å². The summed E-state index contributed by atoms with van der Waals surface area (Å²) in [5.74, 6) is -0.394. The normalized spacial score (nSPS) is 12.4. The zero-order valence-electron chi connectivity index (χ0n) is 15.9. The van der Waals surface area contributed by atoms with Crippen molar-refractivity contribution in [1.82, 2.24) is 14.5 Å². The lowest BCUT2D eigenvalue weighted by Crippen LogP contribution is -2.20. The van der Waals surface area contributed by atoms with Crippen LogP contribution in [0.3, 0.4) is 0 Å². The second-order valence-corrected chi connectivity index (χ2v) is 7.07. The molecule has 2 N–H and O–H groups in total. The van der Waals surface area contributed by atoms with E-state index in [1.807, 2.05) is 30.3 Å². The molecule has 0 unspecified atom stereocenters. The third-order valence-electron chi connectivity index (χ3n) is 4.48. The van der Waals surface area contributed by atoms with E-state index in [-0.39, 0.29) is 18.0 Å². The van der Waals surface area contributed by atoms with Gasteiger partial charge in [0.25, 0.3) is 0 Å². The summed E-state index contributed by atoms with van der Waals surface area (Å²) in [6.45, 7) is 2.02. The lowest BCUT2D eigenvalue weighted by Gasteiger charge is -2.12. The van der Waals surface area contributed by atoms with Crippen LogP contribution < -0.4 is 5.73 Å². The maximum atomic E-state index is 12.9. The fraction of sp³-hybridized carbons (Fsp3) is 0.190. The Morgan fingerprint density at radius 2 is 1.90 bits per heavy atom. The number of para-hydroxylation sites is 2. The Kier molecular flexibility index (Phi) is 5.08. The molecule has 0 aliphatic heterocycles. The molecule has 0 saturated carbocycles. The molecule has 4 aromatic rings. The van der Waals surface area contributed by atoms with Crippen molar-refractivity contribution in [1.29, 1.82) is 0 Å². The number of hydrogen-bond donors (Lipinski definition) is 1. The van der Waals surface area contributed by atoms with Gasteiger partial charge in [-0.3, -0.25) is 4.57 Å². The number of fused-ring (bicyclic) bond motifs is 2. The van der Waals surface area contributed by atoms with Gasteiger partial charge in [0.15, 0.2) is 5.65 Å². The number of nitrogen functional groups attached to an aromatic ring is 1. The number of anilines is 1. The minimum atomic E-state index is -0.581. The van der Waals surface area contributed by atoms with Crippen molar-refractivity contribution in [3.8, 4) is 5.69 Å². The number of rotatable bonds is 5. The fourth-order valence-corrected chi connectivity index (χ4v) is 3.43. The van der Waals surface area contributed by atoms with Gasteiger partial charge in [-0.05, 0) is 37.3 Å². The SMILES string of the molecule is COC[C@H](C)OC(=O)c1c(N)n(-c2cccc(Cl)c2)c2nc3ccccc3nc12. The molecule has 0 amide bonds. The van der Waals surface area contributed by atoms with Crippen LogP contribution in [0.15, 0.2) is 48.5 Å². The van der Waals surface area contributed by atoms with Crippen LogP contribution in [0.2, 0.25) is 5.02 Å². The van der Waals surface area contributed by atoms with E-state index in [4.69, 9.17) is 31.8 Å². The van der Waals surface area contributed by atoms with Gasteiger partial charge in [-0.2, -0.15) is 0 Å². The summed E-state index contributed by atoms with van der Waals surface area (Å²) in [4.78, 5) is 22.3. The first kappa shape index (κ1) is 19.2. The predicted octanol–water partition coefficient (Wildman–Crippen LogP) is 4.00. The number of nitrogens with two attached hydrogens (primary N) is 1. The lowest BCUT2D eigenvalue weighted by atomic mass is 10.2. The van der Waals surface area contributed by atoms with Gasteiger partial charge in [0.05, 0.1) is 23.3 Å². The van der Waals surface area contributed by atoms with Gasteiger partial charge in [0.2, 0.25) is 0 Å². The Bertz CT molecular complexity index is 1220. The van der Waals surface area contributed by atoms with E-state index in [2.05, 4.69) is 4.98 Å². The number of hydrogen-bond acceptors (Lipinski definition) is 6. The van der Waals surface area contributed by atoms with E-state index in [0.717, 1.165) is 0 Å². The average Bonchev–Trinajstić information content (AvgIpc) is 2.97. The summed E-state index contributed by atoms with van der Waals surface area (Å²) >= 11 is 6.17. The molecule has 0 aliphatic carbocycles. The summed E-state index contributed by atoms with van der Waals surface area (Å²) in [5, 5.41) is 0.537. The highest BCUT2D eigenvalue weighted by molar-refractivity contribution is 6.30. The maximum Gasteiger partial charge on any atom is 0.344 e. The molecule has 7 nitrogen and oxygen atoms in total. The fourth-order valence-electron chi connectivity index (χ4n) is 3.25. The second kappa shape index (κ2) is 7.69. The summed E-state index contributed by atoms with van der Waals surface area (Å²) < 4.78 is 12.2. The molecule has 0 bridgehead atoms. The second-order valence-electron chi connectivity index (χ2n) is 6.63. The minimum absolute atomic E-state index is 0.168. The third kappa shape index (κ3) is 3.50. The Morgan fingerprint density at radius 3 is 2.59 bits per heavy atom. The molecule has 0 spiro atoms. The minimum Gasteiger partial charge on any atom is -0.456 e. The van der Waals surface area contributed by atoms with Crippen LogP contribution in [-0.2, 0) is 9.47 Å². The topological polar surface area (TPSA) is 92.3 Å². The van der Waals surface area contributed by atoms with Crippen LogP contribution in [0.4, 0.5) is 5.82 Å². The molecule has 0 fully saturated rings. The van der Waals surface area contributed by atoms with Crippen LogP contribution in [0.1, 0.15) is 17.3 Å². The molecule has 0 aliphatic rings. The van der Waals surface area contributed by atoms with Gasteiger partial charge in [-0.25, -0.2) is 14.8 Å². The summed E-state index contributed by atoms with van der Waals surface area (Å²) in [6, 6.07) is 14.6. The zero-order chi connectivity index (χ0) is 20.5.